The maximum Gasteiger partial charge on any atom is 0.327 e. The lowest BCUT2D eigenvalue weighted by molar-refractivity contribution is -0.149. The maximum absolute atomic E-state index is 12.1. The van der Waals surface area contributed by atoms with Gasteiger partial charge in [0.05, 0.1) is 6.61 Å². The van der Waals surface area contributed by atoms with Gasteiger partial charge in [0.15, 0.2) is 0 Å². The Morgan fingerprint density at radius 2 is 1.90 bits per heavy atom. The highest BCUT2D eigenvalue weighted by atomic mass is 16.5. The molecule has 0 aliphatic carbocycles. The lowest BCUT2D eigenvalue weighted by Gasteiger charge is -2.34. The van der Waals surface area contributed by atoms with Crippen LogP contribution in [0.5, 0.6) is 0 Å². The average molecular weight is 278 g/mol. The molecule has 1 aromatic carbocycles. The van der Waals surface area contributed by atoms with Crippen LogP contribution in [-0.2, 0) is 9.53 Å². The number of anilines is 1. The first-order valence-electron chi connectivity index (χ1n) is 7.14. The van der Waals surface area contributed by atoms with Crippen molar-refractivity contribution in [3.63, 3.8) is 0 Å². The predicted molar refractivity (Wildman–Crippen MR) is 83.2 cm³/mol. The van der Waals surface area contributed by atoms with Crippen LogP contribution in [0.25, 0.3) is 0 Å². The summed E-state index contributed by atoms with van der Waals surface area (Å²) in [6.45, 7) is 9.65. The van der Waals surface area contributed by atoms with Crippen LogP contribution in [0.1, 0.15) is 26.3 Å². The molecule has 4 heteroatoms. The molecule has 4 nitrogen and oxygen atoms in total. The summed E-state index contributed by atoms with van der Waals surface area (Å²) in [6.07, 6.45) is 0. The number of benzene rings is 1. The van der Waals surface area contributed by atoms with E-state index in [0.717, 1.165) is 12.2 Å². The summed E-state index contributed by atoms with van der Waals surface area (Å²) < 4.78 is 5.17. The monoisotopic (exact) mass is 278 g/mol. The van der Waals surface area contributed by atoms with Crippen molar-refractivity contribution in [2.45, 2.75) is 33.2 Å². The molecule has 1 N–H and O–H groups in total. The first kappa shape index (κ1) is 16.5. The molecular formula is C16H26N2O2. The average Bonchev–Trinajstić information content (AvgIpc) is 2.45. The topological polar surface area (TPSA) is 41.6 Å². The number of carbonyl (C=O) groups is 1. The van der Waals surface area contributed by atoms with E-state index in [1.807, 2.05) is 13.8 Å². The van der Waals surface area contributed by atoms with Crippen LogP contribution < -0.4 is 10.2 Å². The van der Waals surface area contributed by atoms with Gasteiger partial charge in [-0.05, 0) is 46.9 Å². The molecule has 1 unspecified atom stereocenters. The molecular weight excluding hydrogens is 252 g/mol. The van der Waals surface area contributed by atoms with Crippen LogP contribution in [-0.4, -0.2) is 38.3 Å². The van der Waals surface area contributed by atoms with Crippen molar-refractivity contribution >= 4 is 11.7 Å². The summed E-state index contributed by atoms with van der Waals surface area (Å²) >= 11 is 0. The third kappa shape index (κ3) is 3.97. The van der Waals surface area contributed by atoms with Crippen LogP contribution in [0.15, 0.2) is 24.3 Å². The van der Waals surface area contributed by atoms with Crippen LogP contribution in [0, 0.1) is 6.92 Å². The van der Waals surface area contributed by atoms with E-state index < -0.39 is 5.54 Å². The lowest BCUT2D eigenvalue weighted by atomic mass is 10.0. The van der Waals surface area contributed by atoms with Gasteiger partial charge in [0, 0.05) is 18.8 Å². The Balaban J connectivity index is 2.89. The van der Waals surface area contributed by atoms with Crippen LogP contribution >= 0.6 is 0 Å². The number of nitrogens with zero attached hydrogens (tertiary/aromatic N) is 1. The first-order chi connectivity index (χ1) is 9.46. The van der Waals surface area contributed by atoms with E-state index in [1.54, 1.807) is 7.05 Å². The van der Waals surface area contributed by atoms with Crippen molar-refractivity contribution in [1.82, 2.24) is 5.32 Å². The minimum Gasteiger partial charge on any atom is -0.465 e. The van der Waals surface area contributed by atoms with Gasteiger partial charge < -0.3 is 15.0 Å². The van der Waals surface area contributed by atoms with Gasteiger partial charge in [0.1, 0.15) is 5.54 Å². The molecule has 112 valence electrons. The van der Waals surface area contributed by atoms with Crippen LogP contribution in [0.2, 0.25) is 0 Å². The number of esters is 1. The molecule has 1 atom stereocenters. The number of likely N-dealkylation sites (N-methyl/N-ethyl adjacent to an activating group) is 2. The molecule has 0 radical (unpaired) electrons. The molecule has 0 saturated carbocycles. The highest BCUT2D eigenvalue weighted by Gasteiger charge is 2.34. The highest BCUT2D eigenvalue weighted by molar-refractivity contribution is 5.81. The zero-order valence-corrected chi connectivity index (χ0v) is 13.2. The van der Waals surface area contributed by atoms with Gasteiger partial charge in [-0.2, -0.15) is 0 Å². The Labute approximate surface area is 122 Å². The number of ether oxygens (including phenoxy) is 1. The number of carbonyl (C=O) groups excluding carboxylic acids is 1. The molecule has 0 fully saturated rings. The van der Waals surface area contributed by atoms with Crippen molar-refractivity contribution in [1.29, 1.82) is 0 Å². The third-order valence-electron chi connectivity index (χ3n) is 3.57. The van der Waals surface area contributed by atoms with Gasteiger partial charge in [-0.25, -0.2) is 4.79 Å². The summed E-state index contributed by atoms with van der Waals surface area (Å²) in [5, 5.41) is 3.09. The molecule has 0 heterocycles. The van der Waals surface area contributed by atoms with Gasteiger partial charge in [0.2, 0.25) is 0 Å². The molecule has 0 bridgehead atoms. The van der Waals surface area contributed by atoms with E-state index in [-0.39, 0.29) is 5.97 Å². The molecule has 0 spiro atoms. The van der Waals surface area contributed by atoms with Crippen molar-refractivity contribution in [2.24, 2.45) is 0 Å². The highest BCUT2D eigenvalue weighted by Crippen LogP contribution is 2.18. The second-order valence-corrected chi connectivity index (χ2v) is 5.15. The van der Waals surface area contributed by atoms with E-state index in [2.05, 4.69) is 48.3 Å². The number of nitrogens with one attached hydrogen (secondary N) is 1. The predicted octanol–water partition coefficient (Wildman–Crippen LogP) is 2.36. The van der Waals surface area contributed by atoms with E-state index in [0.29, 0.717) is 13.2 Å². The zero-order chi connectivity index (χ0) is 15.2. The normalized spacial score (nSPS) is 13.7. The Morgan fingerprint density at radius 1 is 1.30 bits per heavy atom. The van der Waals surface area contributed by atoms with Gasteiger partial charge in [-0.3, -0.25) is 0 Å². The van der Waals surface area contributed by atoms with Crippen molar-refractivity contribution in [3.05, 3.63) is 29.8 Å². The quantitative estimate of drug-likeness (QED) is 0.778. The Kier molecular flexibility index (Phi) is 6.02. The lowest BCUT2D eigenvalue weighted by Crippen LogP contribution is -2.56. The number of hydrogen-bond donors (Lipinski definition) is 1. The molecule has 20 heavy (non-hydrogen) atoms. The summed E-state index contributed by atoms with van der Waals surface area (Å²) in [4.78, 5) is 14.3. The van der Waals surface area contributed by atoms with Crippen molar-refractivity contribution < 1.29 is 9.53 Å². The fraction of sp³-hybridized carbons (Fsp3) is 0.562. The smallest absolute Gasteiger partial charge is 0.327 e. The third-order valence-corrected chi connectivity index (χ3v) is 3.57. The zero-order valence-electron chi connectivity index (χ0n) is 13.2. The number of hydrogen-bond acceptors (Lipinski definition) is 4. The minimum absolute atomic E-state index is 0.215. The Hall–Kier alpha value is -1.55. The van der Waals surface area contributed by atoms with Crippen LogP contribution in [0.4, 0.5) is 5.69 Å². The Bertz CT molecular complexity index is 431. The minimum atomic E-state index is -0.711. The fourth-order valence-electron chi connectivity index (χ4n) is 2.06. The Morgan fingerprint density at radius 3 is 2.35 bits per heavy atom. The number of rotatable bonds is 7. The number of aryl methyl sites for hydroxylation is 1. The van der Waals surface area contributed by atoms with Gasteiger partial charge in [-0.1, -0.05) is 17.7 Å². The maximum atomic E-state index is 12.1. The molecule has 0 aliphatic rings. The standard InChI is InChI=1S/C16H26N2O2/c1-6-18(14-10-8-13(3)9-11-14)12-16(4,17-5)15(19)20-7-2/h8-11,17H,6-7,12H2,1-5H3. The summed E-state index contributed by atoms with van der Waals surface area (Å²) in [5.41, 5.74) is 1.63. The molecule has 0 aromatic heterocycles. The van der Waals surface area contributed by atoms with E-state index in [4.69, 9.17) is 4.74 Å². The summed E-state index contributed by atoms with van der Waals surface area (Å²) in [6, 6.07) is 8.33. The second-order valence-electron chi connectivity index (χ2n) is 5.15. The molecule has 0 aliphatic heterocycles. The largest absolute Gasteiger partial charge is 0.465 e. The van der Waals surface area contributed by atoms with E-state index >= 15 is 0 Å². The summed E-state index contributed by atoms with van der Waals surface area (Å²) in [5.74, 6) is -0.215. The van der Waals surface area contributed by atoms with Gasteiger partial charge >= 0.3 is 5.97 Å². The second kappa shape index (κ2) is 7.29. The first-order valence-corrected chi connectivity index (χ1v) is 7.14. The SMILES string of the molecule is CCOC(=O)C(C)(CN(CC)c1ccc(C)cc1)NC. The van der Waals surface area contributed by atoms with E-state index in [9.17, 15) is 4.79 Å². The van der Waals surface area contributed by atoms with Gasteiger partial charge in [0.25, 0.3) is 0 Å². The van der Waals surface area contributed by atoms with E-state index in [1.165, 1.54) is 5.56 Å². The molecule has 0 saturated heterocycles. The van der Waals surface area contributed by atoms with Crippen molar-refractivity contribution in [3.8, 4) is 0 Å². The molecule has 1 rings (SSSR count). The fourth-order valence-corrected chi connectivity index (χ4v) is 2.06. The van der Waals surface area contributed by atoms with Gasteiger partial charge in [-0.15, -0.1) is 0 Å². The summed E-state index contributed by atoms with van der Waals surface area (Å²) in [7, 11) is 1.79. The molecule has 1 aromatic rings. The van der Waals surface area contributed by atoms with Crippen molar-refractivity contribution in [2.75, 3.05) is 31.6 Å². The van der Waals surface area contributed by atoms with Crippen LogP contribution in [0.3, 0.4) is 0 Å². The molecule has 0 amide bonds.